The molecule has 0 saturated heterocycles. The van der Waals surface area contributed by atoms with Gasteiger partial charge in [-0.2, -0.15) is 0 Å². The van der Waals surface area contributed by atoms with Crippen molar-refractivity contribution in [1.29, 1.82) is 0 Å². The van der Waals surface area contributed by atoms with Crippen molar-refractivity contribution in [3.8, 4) is 22.6 Å². The highest BCUT2D eigenvalue weighted by Crippen LogP contribution is 2.35. The molecule has 2 N–H and O–H groups in total. The second kappa shape index (κ2) is 10.4. The van der Waals surface area contributed by atoms with Gasteiger partial charge in [-0.3, -0.25) is 4.79 Å². The number of primary amides is 1. The normalized spacial score (nSPS) is 10.9. The maximum Gasteiger partial charge on any atom is 0.251 e. The number of rotatable bonds is 10. The van der Waals surface area contributed by atoms with Crippen molar-refractivity contribution < 1.29 is 18.7 Å². The molecule has 0 aliphatic carbocycles. The van der Waals surface area contributed by atoms with Crippen LogP contribution in [0.5, 0.6) is 11.5 Å². The fourth-order valence-corrected chi connectivity index (χ4v) is 4.21. The number of hydrogen-bond acceptors (Lipinski definition) is 3. The Morgan fingerprint density at radius 2 is 1.72 bits per heavy atom. The molecular formula is C26H31FN2O3. The smallest absolute Gasteiger partial charge is 0.251 e. The lowest BCUT2D eigenvalue weighted by molar-refractivity contribution is 0.1000. The van der Waals surface area contributed by atoms with Crippen LogP contribution >= 0.6 is 0 Å². The molecular weight excluding hydrogens is 407 g/mol. The van der Waals surface area contributed by atoms with Gasteiger partial charge in [0.2, 0.25) is 0 Å². The first-order chi connectivity index (χ1) is 15.4. The van der Waals surface area contributed by atoms with Gasteiger partial charge < -0.3 is 19.8 Å². The zero-order valence-corrected chi connectivity index (χ0v) is 19.2. The van der Waals surface area contributed by atoms with Crippen molar-refractivity contribution >= 4 is 5.91 Å². The Kier molecular flexibility index (Phi) is 7.57. The van der Waals surface area contributed by atoms with E-state index in [1.54, 1.807) is 26.4 Å². The number of aryl methyl sites for hydroxylation is 1. The lowest BCUT2D eigenvalue weighted by Gasteiger charge is -2.14. The summed E-state index contributed by atoms with van der Waals surface area (Å²) in [5.74, 6) is 0.593. The third-order valence-corrected chi connectivity index (χ3v) is 5.85. The average molecular weight is 439 g/mol. The molecule has 0 spiro atoms. The first kappa shape index (κ1) is 23.4. The third kappa shape index (κ3) is 4.79. The molecule has 0 radical (unpaired) electrons. The van der Waals surface area contributed by atoms with Gasteiger partial charge in [-0.1, -0.05) is 31.5 Å². The minimum Gasteiger partial charge on any atom is -0.493 e. The summed E-state index contributed by atoms with van der Waals surface area (Å²) in [7, 11) is 3.23. The second-order valence-corrected chi connectivity index (χ2v) is 7.85. The van der Waals surface area contributed by atoms with E-state index in [1.165, 1.54) is 12.1 Å². The minimum atomic E-state index is -0.468. The summed E-state index contributed by atoms with van der Waals surface area (Å²) in [6.45, 7) is 4.75. The van der Waals surface area contributed by atoms with Gasteiger partial charge in [0.15, 0.2) is 11.5 Å². The molecule has 6 heteroatoms. The van der Waals surface area contributed by atoms with Crippen LogP contribution in [0.3, 0.4) is 0 Å². The Morgan fingerprint density at radius 1 is 1.03 bits per heavy atom. The first-order valence-corrected chi connectivity index (χ1v) is 10.9. The van der Waals surface area contributed by atoms with E-state index in [2.05, 4.69) is 11.5 Å². The molecule has 1 heterocycles. The summed E-state index contributed by atoms with van der Waals surface area (Å²) in [6.07, 6.45) is 3.56. The second-order valence-electron chi connectivity index (χ2n) is 7.85. The summed E-state index contributed by atoms with van der Waals surface area (Å²) in [6, 6.07) is 12.1. The molecule has 0 aliphatic heterocycles. The number of hydrogen-bond donors (Lipinski definition) is 1. The predicted molar refractivity (Wildman–Crippen MR) is 125 cm³/mol. The van der Waals surface area contributed by atoms with Gasteiger partial charge in [0.05, 0.1) is 19.8 Å². The van der Waals surface area contributed by atoms with Crippen molar-refractivity contribution in [3.63, 3.8) is 0 Å². The molecule has 0 fully saturated rings. The topological polar surface area (TPSA) is 66.5 Å². The van der Waals surface area contributed by atoms with Gasteiger partial charge in [0.25, 0.3) is 5.91 Å². The third-order valence-electron chi connectivity index (χ3n) is 5.85. The molecule has 2 aromatic carbocycles. The number of amides is 1. The van der Waals surface area contributed by atoms with E-state index in [0.717, 1.165) is 53.8 Å². The molecule has 3 aromatic rings. The van der Waals surface area contributed by atoms with Crippen LogP contribution in [0.1, 0.15) is 47.1 Å². The summed E-state index contributed by atoms with van der Waals surface area (Å²) >= 11 is 0. The number of carbonyl (C=O) groups is 1. The van der Waals surface area contributed by atoms with E-state index in [4.69, 9.17) is 15.2 Å². The minimum absolute atomic E-state index is 0.311. The highest BCUT2D eigenvalue weighted by Gasteiger charge is 2.24. The molecule has 1 amide bonds. The van der Waals surface area contributed by atoms with Gasteiger partial charge >= 0.3 is 0 Å². The summed E-state index contributed by atoms with van der Waals surface area (Å²) in [5.41, 5.74) is 10.9. The first-order valence-electron chi connectivity index (χ1n) is 10.9. The largest absolute Gasteiger partial charge is 0.493 e. The van der Waals surface area contributed by atoms with Crippen molar-refractivity contribution in [2.75, 3.05) is 14.2 Å². The summed E-state index contributed by atoms with van der Waals surface area (Å²) in [5, 5.41) is 0. The van der Waals surface area contributed by atoms with E-state index in [-0.39, 0.29) is 5.82 Å². The van der Waals surface area contributed by atoms with E-state index < -0.39 is 5.91 Å². The fourth-order valence-electron chi connectivity index (χ4n) is 4.21. The van der Waals surface area contributed by atoms with Crippen molar-refractivity contribution in [2.45, 2.75) is 46.1 Å². The lowest BCUT2D eigenvalue weighted by Crippen LogP contribution is -2.14. The predicted octanol–water partition coefficient (Wildman–Crippen LogP) is 5.30. The van der Waals surface area contributed by atoms with E-state index in [1.807, 2.05) is 25.1 Å². The molecule has 5 nitrogen and oxygen atoms in total. The van der Waals surface area contributed by atoms with Crippen LogP contribution in [0.4, 0.5) is 4.39 Å². The van der Waals surface area contributed by atoms with Crippen LogP contribution in [0.25, 0.3) is 11.1 Å². The van der Waals surface area contributed by atoms with Gasteiger partial charge in [0.1, 0.15) is 5.82 Å². The van der Waals surface area contributed by atoms with Gasteiger partial charge in [-0.05, 0) is 61.6 Å². The van der Waals surface area contributed by atoms with Crippen LogP contribution < -0.4 is 15.2 Å². The van der Waals surface area contributed by atoms with E-state index in [0.29, 0.717) is 23.6 Å². The van der Waals surface area contributed by atoms with Crippen LogP contribution in [0.15, 0.2) is 42.5 Å². The Labute approximate surface area is 189 Å². The highest BCUT2D eigenvalue weighted by molar-refractivity contribution is 6.02. The van der Waals surface area contributed by atoms with Gasteiger partial charge in [-0.25, -0.2) is 4.39 Å². The molecule has 32 heavy (non-hydrogen) atoms. The number of nitrogens with two attached hydrogens (primary N) is 1. The van der Waals surface area contributed by atoms with Crippen molar-refractivity contribution in [1.82, 2.24) is 4.57 Å². The number of aromatic nitrogens is 1. The number of ether oxygens (including phenoxy) is 2. The molecule has 0 unspecified atom stereocenters. The Morgan fingerprint density at radius 3 is 2.31 bits per heavy atom. The Balaban J connectivity index is 2.05. The number of nitrogens with zero attached hydrogens (tertiary/aromatic N) is 1. The summed E-state index contributed by atoms with van der Waals surface area (Å²) < 4.78 is 26.5. The molecule has 1 aromatic heterocycles. The van der Waals surface area contributed by atoms with Crippen LogP contribution in [0, 0.1) is 12.7 Å². The number of halogens is 1. The molecule has 0 bridgehead atoms. The van der Waals surface area contributed by atoms with E-state index in [9.17, 15) is 9.18 Å². The van der Waals surface area contributed by atoms with Gasteiger partial charge in [0, 0.05) is 23.5 Å². The number of carbonyl (C=O) groups excluding carboxylic acids is 1. The number of methoxy groups -OCH3 is 2. The average Bonchev–Trinajstić information content (AvgIpc) is 3.07. The molecule has 170 valence electrons. The quantitative estimate of drug-likeness (QED) is 0.467. The number of benzene rings is 2. The lowest BCUT2D eigenvalue weighted by atomic mass is 9.97. The Bertz CT molecular complexity index is 1090. The standard InChI is InChI=1S/C26H31FN2O3/c1-5-6-7-21-25(19-9-11-20(27)12-10-19)24(26(28)30)17(2)29(21)15-14-18-8-13-22(31-3)23(16-18)32-4/h8-13,16H,5-7,14-15H2,1-4H3,(H2,28,30). The number of unbranched alkanes of at least 4 members (excludes halogenated alkanes) is 1. The monoisotopic (exact) mass is 438 g/mol. The van der Waals surface area contributed by atoms with Crippen molar-refractivity contribution in [3.05, 3.63) is 70.8 Å². The molecule has 0 saturated carbocycles. The Hall–Kier alpha value is -3.28. The maximum atomic E-state index is 13.6. The van der Waals surface area contributed by atoms with Crippen molar-refractivity contribution in [2.24, 2.45) is 5.73 Å². The van der Waals surface area contributed by atoms with Crippen LogP contribution in [-0.4, -0.2) is 24.7 Å². The fraction of sp³-hybridized carbons (Fsp3) is 0.346. The SMILES string of the molecule is CCCCc1c(-c2ccc(F)cc2)c(C(N)=O)c(C)n1CCc1ccc(OC)c(OC)c1. The highest BCUT2D eigenvalue weighted by atomic mass is 19.1. The zero-order valence-electron chi connectivity index (χ0n) is 19.2. The maximum absolute atomic E-state index is 13.6. The summed E-state index contributed by atoms with van der Waals surface area (Å²) in [4.78, 5) is 12.5. The van der Waals surface area contributed by atoms with Crippen LogP contribution in [-0.2, 0) is 19.4 Å². The zero-order chi connectivity index (χ0) is 23.3. The van der Waals surface area contributed by atoms with E-state index >= 15 is 0 Å². The molecule has 3 rings (SSSR count). The van der Waals surface area contributed by atoms with Gasteiger partial charge in [-0.15, -0.1) is 0 Å². The molecule has 0 aliphatic rings. The molecule has 0 atom stereocenters. The van der Waals surface area contributed by atoms with Crippen LogP contribution in [0.2, 0.25) is 0 Å².